The smallest absolute Gasteiger partial charge is 0.384 e. The number of nitrogens with zero attached hydrogens (tertiary/aromatic N) is 2. The summed E-state index contributed by atoms with van der Waals surface area (Å²) in [7, 11) is 0. The maximum absolute atomic E-state index is 13.7. The number of pyridine rings is 2. The molecule has 0 aromatic carbocycles. The molecule has 0 unspecified atom stereocenters. The molecule has 0 radical (unpaired) electrons. The maximum atomic E-state index is 13.7. The van der Waals surface area contributed by atoms with Crippen LogP contribution in [0.1, 0.15) is 62.7 Å². The second-order valence-electron chi connectivity index (χ2n) is 8.99. The Morgan fingerprint density at radius 3 is 2.11 bits per heavy atom. The number of hydrogen-bond acceptors (Lipinski definition) is 4. The van der Waals surface area contributed by atoms with E-state index in [1.807, 2.05) is 19.1 Å². The molecule has 4 nitrogen and oxygen atoms in total. The lowest BCUT2D eigenvalue weighted by Crippen LogP contribution is -2.33. The molecule has 2 rings (SSSR count). The molecule has 0 atom stereocenters. The Balaban J connectivity index is 2.40. The predicted molar refractivity (Wildman–Crippen MR) is 108 cm³/mol. The predicted octanol–water partition coefficient (Wildman–Crippen LogP) is 5.38. The van der Waals surface area contributed by atoms with Crippen molar-refractivity contribution >= 4 is 11.6 Å². The third-order valence-corrected chi connectivity index (χ3v) is 4.61. The average Bonchev–Trinajstić information content (AvgIpc) is 2.49. The van der Waals surface area contributed by atoms with Crippen molar-refractivity contribution in [2.24, 2.45) is 0 Å². The van der Waals surface area contributed by atoms with E-state index < -0.39 is 17.2 Å². The molecule has 0 fully saturated rings. The summed E-state index contributed by atoms with van der Waals surface area (Å²) in [4.78, 5) is 8.69. The summed E-state index contributed by atoms with van der Waals surface area (Å²) in [6, 6.07) is 5.16. The Bertz CT molecular complexity index is 865. The second-order valence-corrected chi connectivity index (χ2v) is 8.99. The minimum absolute atomic E-state index is 0.0614. The van der Waals surface area contributed by atoms with Gasteiger partial charge in [-0.1, -0.05) is 34.6 Å². The molecule has 2 aromatic heterocycles. The van der Waals surface area contributed by atoms with Crippen LogP contribution in [0.25, 0.3) is 0 Å². The highest BCUT2D eigenvalue weighted by atomic mass is 19.4. The van der Waals surface area contributed by atoms with Crippen molar-refractivity contribution in [1.29, 1.82) is 0 Å². The Hall–Kier alpha value is -2.31. The third kappa shape index (κ3) is 4.94. The van der Waals surface area contributed by atoms with E-state index in [2.05, 4.69) is 36.1 Å². The van der Waals surface area contributed by atoms with E-state index in [1.165, 1.54) is 13.0 Å². The van der Waals surface area contributed by atoms with Crippen LogP contribution in [0.5, 0.6) is 0 Å². The fraction of sp³-hybridized carbons (Fsp3) is 0.524. The number of halogens is 3. The molecule has 0 aliphatic carbocycles. The quantitative estimate of drug-likeness (QED) is 0.731. The highest BCUT2D eigenvalue weighted by molar-refractivity contribution is 5.46. The fourth-order valence-electron chi connectivity index (χ4n) is 3.08. The van der Waals surface area contributed by atoms with Gasteiger partial charge in [-0.2, -0.15) is 13.2 Å². The molecule has 0 saturated heterocycles. The Kier molecular flexibility index (Phi) is 5.70. The van der Waals surface area contributed by atoms with Crippen LogP contribution in [0.15, 0.2) is 18.2 Å². The first-order valence-electron chi connectivity index (χ1n) is 9.19. The molecule has 0 aliphatic heterocycles. The number of hydrogen-bond donors (Lipinski definition) is 2. The van der Waals surface area contributed by atoms with Crippen molar-refractivity contribution < 1.29 is 13.2 Å². The van der Waals surface area contributed by atoms with Gasteiger partial charge in [0.05, 0.1) is 11.3 Å². The number of nitrogens with two attached hydrogens (primary N) is 1. The molecule has 0 amide bonds. The number of rotatable bonds is 4. The number of nitrogen functional groups attached to an aromatic ring is 1. The van der Waals surface area contributed by atoms with Crippen LogP contribution in [-0.4, -0.2) is 16.5 Å². The van der Waals surface area contributed by atoms with Crippen molar-refractivity contribution in [3.8, 4) is 0 Å². The molecular formula is C21H29F3N4. The standard InChI is InChI=1S/C21H29F3N4/c1-12-8-14(19(3,4)5)27-16(9-12)26-11-20(6,7)18-17(21(22,23)24)13(2)10-15(25)28-18/h8-10H,11H2,1-7H3,(H2,25,28)(H,26,27). The zero-order chi connectivity index (χ0) is 21.5. The number of aromatic nitrogens is 2. The fourth-order valence-corrected chi connectivity index (χ4v) is 3.08. The van der Waals surface area contributed by atoms with Gasteiger partial charge in [-0.25, -0.2) is 9.97 Å². The SMILES string of the molecule is Cc1cc(NCC(C)(C)c2nc(N)cc(C)c2C(F)(F)F)nc(C(C)(C)C)c1. The van der Waals surface area contributed by atoms with Gasteiger partial charge in [0.2, 0.25) is 0 Å². The number of nitrogens with one attached hydrogen (secondary N) is 1. The largest absolute Gasteiger partial charge is 0.418 e. The van der Waals surface area contributed by atoms with Crippen molar-refractivity contribution in [2.45, 2.75) is 65.5 Å². The third-order valence-electron chi connectivity index (χ3n) is 4.61. The van der Waals surface area contributed by atoms with Crippen LogP contribution in [0.3, 0.4) is 0 Å². The van der Waals surface area contributed by atoms with Crippen LogP contribution in [0.2, 0.25) is 0 Å². The molecular weight excluding hydrogens is 365 g/mol. The van der Waals surface area contributed by atoms with Crippen molar-refractivity contribution in [3.63, 3.8) is 0 Å². The van der Waals surface area contributed by atoms with Crippen LogP contribution in [0.4, 0.5) is 24.8 Å². The topological polar surface area (TPSA) is 63.8 Å². The number of anilines is 2. The normalized spacial score (nSPS) is 12.9. The molecule has 0 spiro atoms. The van der Waals surface area contributed by atoms with Crippen molar-refractivity contribution in [3.05, 3.63) is 46.3 Å². The summed E-state index contributed by atoms with van der Waals surface area (Å²) >= 11 is 0. The first kappa shape index (κ1) is 22.0. The lowest BCUT2D eigenvalue weighted by atomic mass is 9.84. The second kappa shape index (κ2) is 7.26. The molecule has 7 heteroatoms. The first-order valence-corrected chi connectivity index (χ1v) is 9.19. The van der Waals surface area contributed by atoms with Gasteiger partial charge in [0.25, 0.3) is 0 Å². The van der Waals surface area contributed by atoms with Crippen LogP contribution >= 0.6 is 0 Å². The van der Waals surface area contributed by atoms with Crippen LogP contribution < -0.4 is 11.1 Å². The van der Waals surface area contributed by atoms with Crippen LogP contribution in [-0.2, 0) is 17.0 Å². The highest BCUT2D eigenvalue weighted by Gasteiger charge is 2.40. The Morgan fingerprint density at radius 1 is 0.964 bits per heavy atom. The molecule has 2 heterocycles. The molecule has 0 bridgehead atoms. The van der Waals surface area contributed by atoms with Gasteiger partial charge in [0.1, 0.15) is 11.6 Å². The van der Waals surface area contributed by atoms with E-state index in [1.54, 1.807) is 13.8 Å². The molecule has 2 aromatic rings. The minimum Gasteiger partial charge on any atom is -0.384 e. The van der Waals surface area contributed by atoms with Crippen molar-refractivity contribution in [2.75, 3.05) is 17.6 Å². The summed E-state index contributed by atoms with van der Waals surface area (Å²) in [5.41, 5.74) is 5.95. The van der Waals surface area contributed by atoms with Gasteiger partial charge in [-0.15, -0.1) is 0 Å². The number of alkyl halides is 3. The Labute approximate surface area is 164 Å². The summed E-state index contributed by atoms with van der Waals surface area (Å²) < 4.78 is 41.0. The zero-order valence-electron chi connectivity index (χ0n) is 17.5. The molecule has 3 N–H and O–H groups in total. The van der Waals surface area contributed by atoms with E-state index >= 15 is 0 Å². The van der Waals surface area contributed by atoms with Gasteiger partial charge in [-0.3, -0.25) is 0 Å². The van der Waals surface area contributed by atoms with Crippen molar-refractivity contribution in [1.82, 2.24) is 9.97 Å². The summed E-state index contributed by atoms with van der Waals surface area (Å²) in [6.07, 6.45) is -4.50. The van der Waals surface area contributed by atoms with Gasteiger partial charge in [0, 0.05) is 23.1 Å². The summed E-state index contributed by atoms with van der Waals surface area (Å²) in [5, 5.41) is 3.20. The van der Waals surface area contributed by atoms with Gasteiger partial charge < -0.3 is 11.1 Å². The van der Waals surface area contributed by atoms with E-state index in [9.17, 15) is 13.2 Å². The molecule has 0 aliphatic rings. The summed E-state index contributed by atoms with van der Waals surface area (Å²) in [5.74, 6) is 0.712. The van der Waals surface area contributed by atoms with Gasteiger partial charge in [-0.05, 0) is 43.2 Å². The zero-order valence-corrected chi connectivity index (χ0v) is 17.5. The Morgan fingerprint density at radius 2 is 1.57 bits per heavy atom. The van der Waals surface area contributed by atoms with Gasteiger partial charge >= 0.3 is 6.18 Å². The van der Waals surface area contributed by atoms with Gasteiger partial charge in [0.15, 0.2) is 0 Å². The molecule has 0 saturated carbocycles. The molecule has 154 valence electrons. The minimum atomic E-state index is -4.50. The number of aryl methyl sites for hydroxylation is 2. The lowest BCUT2D eigenvalue weighted by Gasteiger charge is -2.29. The lowest BCUT2D eigenvalue weighted by molar-refractivity contribution is -0.139. The molecule has 28 heavy (non-hydrogen) atoms. The van der Waals surface area contributed by atoms with E-state index in [0.29, 0.717) is 5.82 Å². The van der Waals surface area contributed by atoms with Crippen LogP contribution in [0, 0.1) is 13.8 Å². The van der Waals surface area contributed by atoms with E-state index in [0.717, 1.165) is 11.3 Å². The summed E-state index contributed by atoms with van der Waals surface area (Å²) in [6.45, 7) is 13.2. The first-order chi connectivity index (χ1) is 12.6. The van der Waals surface area contributed by atoms with E-state index in [-0.39, 0.29) is 29.0 Å². The average molecular weight is 394 g/mol. The monoisotopic (exact) mass is 394 g/mol. The highest BCUT2D eigenvalue weighted by Crippen LogP contribution is 2.39. The maximum Gasteiger partial charge on any atom is 0.418 e. The van der Waals surface area contributed by atoms with E-state index in [4.69, 9.17) is 5.73 Å².